The van der Waals surface area contributed by atoms with Gasteiger partial charge in [-0.25, -0.2) is 0 Å². The van der Waals surface area contributed by atoms with E-state index in [9.17, 15) is 0 Å². The van der Waals surface area contributed by atoms with Crippen molar-refractivity contribution < 1.29 is 0 Å². The first-order valence-corrected chi connectivity index (χ1v) is 5.25. The van der Waals surface area contributed by atoms with Gasteiger partial charge in [0, 0.05) is 24.5 Å². The molecule has 0 fully saturated rings. The van der Waals surface area contributed by atoms with Crippen LogP contribution in [0.2, 0.25) is 0 Å². The van der Waals surface area contributed by atoms with Crippen LogP contribution in [0.4, 0.5) is 0 Å². The molecule has 0 aromatic carbocycles. The Morgan fingerprint density at radius 3 is 1.86 bits per heavy atom. The Morgan fingerprint density at radius 2 is 1.57 bits per heavy atom. The smallest absolute Gasteiger partial charge is 0.111 e. The van der Waals surface area contributed by atoms with E-state index in [1.807, 2.05) is 0 Å². The van der Waals surface area contributed by atoms with Crippen molar-refractivity contribution in [2.24, 2.45) is 0 Å². The molecule has 2 nitrogen and oxygen atoms in total. The Balaban J connectivity index is 3.20. The van der Waals surface area contributed by atoms with Crippen LogP contribution < -0.4 is 0 Å². The molecule has 80 valence electrons. The molecule has 0 aromatic rings. The van der Waals surface area contributed by atoms with Crippen molar-refractivity contribution in [1.29, 1.82) is 0 Å². The summed E-state index contributed by atoms with van der Waals surface area (Å²) in [4.78, 5) is 4.69. The van der Waals surface area contributed by atoms with Gasteiger partial charge in [-0.1, -0.05) is 0 Å². The second kappa shape index (κ2) is 3.68. The second-order valence-corrected chi connectivity index (χ2v) is 4.52. The third kappa shape index (κ3) is 1.54. The molecular formula is C12H22N2. The van der Waals surface area contributed by atoms with Gasteiger partial charge in [0.15, 0.2) is 0 Å². The predicted octanol–water partition coefficient (Wildman–Crippen LogP) is 3.15. The molecule has 0 amide bonds. The maximum Gasteiger partial charge on any atom is 0.111 e. The van der Waals surface area contributed by atoms with E-state index in [4.69, 9.17) is 0 Å². The van der Waals surface area contributed by atoms with Crippen LogP contribution in [0, 0.1) is 0 Å². The summed E-state index contributed by atoms with van der Waals surface area (Å²) in [6.45, 7) is 13.2. The monoisotopic (exact) mass is 194 g/mol. The van der Waals surface area contributed by atoms with E-state index in [1.165, 1.54) is 22.8 Å². The highest BCUT2D eigenvalue weighted by Crippen LogP contribution is 2.33. The van der Waals surface area contributed by atoms with Crippen molar-refractivity contribution in [1.82, 2.24) is 9.80 Å². The van der Waals surface area contributed by atoms with Gasteiger partial charge in [0.25, 0.3) is 0 Å². The molecule has 0 aromatic heterocycles. The molecule has 0 unspecified atom stereocenters. The van der Waals surface area contributed by atoms with Crippen molar-refractivity contribution in [2.75, 3.05) is 7.05 Å². The molecule has 0 bridgehead atoms. The first-order valence-electron chi connectivity index (χ1n) is 5.25. The Bertz CT molecular complexity index is 293. The molecule has 0 aliphatic carbocycles. The number of allylic oxidation sites excluding steroid dienone is 3. The lowest BCUT2D eigenvalue weighted by molar-refractivity contribution is 0.312. The van der Waals surface area contributed by atoms with Gasteiger partial charge in [-0.2, -0.15) is 0 Å². The summed E-state index contributed by atoms with van der Waals surface area (Å²) in [5, 5.41) is 0. The topological polar surface area (TPSA) is 6.48 Å². The zero-order valence-corrected chi connectivity index (χ0v) is 10.5. The summed E-state index contributed by atoms with van der Waals surface area (Å²) in [5.74, 6) is 1.34. The zero-order chi connectivity index (χ0) is 11.0. The van der Waals surface area contributed by atoms with Gasteiger partial charge in [-0.3, -0.25) is 0 Å². The minimum absolute atomic E-state index is 0.528. The Kier molecular flexibility index (Phi) is 2.93. The molecule has 0 saturated heterocycles. The molecule has 14 heavy (non-hydrogen) atoms. The fourth-order valence-electron chi connectivity index (χ4n) is 2.10. The highest BCUT2D eigenvalue weighted by molar-refractivity contribution is 5.29. The van der Waals surface area contributed by atoms with E-state index < -0.39 is 0 Å². The number of nitrogens with zero attached hydrogens (tertiary/aromatic N) is 2. The van der Waals surface area contributed by atoms with E-state index in [0.29, 0.717) is 6.04 Å². The van der Waals surface area contributed by atoms with Crippen molar-refractivity contribution in [3.8, 4) is 0 Å². The van der Waals surface area contributed by atoms with Gasteiger partial charge in [0.1, 0.15) is 5.82 Å². The maximum atomic E-state index is 2.41. The van der Waals surface area contributed by atoms with Crippen LogP contribution in [0.5, 0.6) is 0 Å². The third-order valence-electron chi connectivity index (χ3n) is 2.90. The summed E-state index contributed by atoms with van der Waals surface area (Å²) in [6.07, 6.45) is 0. The molecule has 1 aliphatic rings. The summed E-state index contributed by atoms with van der Waals surface area (Å²) in [6, 6.07) is 0.528. The first kappa shape index (κ1) is 11.2. The quantitative estimate of drug-likeness (QED) is 0.632. The fourth-order valence-corrected chi connectivity index (χ4v) is 2.10. The Hall–Kier alpha value is -0.920. The number of rotatable bonds is 1. The first-order chi connectivity index (χ1) is 6.37. The lowest BCUT2D eigenvalue weighted by atomic mass is 10.2. The average Bonchev–Trinajstić information content (AvgIpc) is 2.29. The van der Waals surface area contributed by atoms with E-state index in [0.717, 1.165) is 0 Å². The summed E-state index contributed by atoms with van der Waals surface area (Å²) in [7, 11) is 2.14. The van der Waals surface area contributed by atoms with Crippen LogP contribution in [0.25, 0.3) is 0 Å². The average molecular weight is 194 g/mol. The van der Waals surface area contributed by atoms with Crippen molar-refractivity contribution in [3.05, 3.63) is 22.8 Å². The Labute approximate surface area is 87.9 Å². The van der Waals surface area contributed by atoms with Crippen molar-refractivity contribution in [2.45, 2.75) is 47.6 Å². The van der Waals surface area contributed by atoms with Crippen LogP contribution in [0.1, 0.15) is 41.5 Å². The second-order valence-electron chi connectivity index (χ2n) is 4.52. The molecular weight excluding hydrogens is 172 g/mol. The molecule has 1 aliphatic heterocycles. The standard InChI is InChI=1S/C12H22N2/c1-8(2)12-13(7)10(5)11(6)14(12)9(3)4/h9H,1-7H3. The number of hydrogen-bond acceptors (Lipinski definition) is 2. The minimum atomic E-state index is 0.528. The van der Waals surface area contributed by atoms with Gasteiger partial charge in [-0.05, 0) is 47.1 Å². The fraction of sp³-hybridized carbons (Fsp3) is 0.667. The minimum Gasteiger partial charge on any atom is -0.333 e. The van der Waals surface area contributed by atoms with Crippen molar-refractivity contribution >= 4 is 0 Å². The van der Waals surface area contributed by atoms with Crippen LogP contribution >= 0.6 is 0 Å². The SMILES string of the molecule is CC(C)=C1N(C)C(C)=C(C)N1C(C)C. The van der Waals surface area contributed by atoms with Gasteiger partial charge in [-0.15, -0.1) is 0 Å². The van der Waals surface area contributed by atoms with Crippen LogP contribution in [-0.2, 0) is 0 Å². The van der Waals surface area contributed by atoms with Crippen LogP contribution in [0.15, 0.2) is 22.8 Å². The van der Waals surface area contributed by atoms with E-state index in [-0.39, 0.29) is 0 Å². The normalized spacial score (nSPS) is 17.6. The van der Waals surface area contributed by atoms with Crippen LogP contribution in [-0.4, -0.2) is 22.9 Å². The summed E-state index contributed by atoms with van der Waals surface area (Å²) in [5.41, 5.74) is 4.10. The Morgan fingerprint density at radius 1 is 1.07 bits per heavy atom. The molecule has 0 N–H and O–H groups in total. The molecule has 2 heteroatoms. The highest BCUT2D eigenvalue weighted by atomic mass is 15.4. The summed E-state index contributed by atoms with van der Waals surface area (Å²) < 4.78 is 0. The maximum absolute atomic E-state index is 2.41. The summed E-state index contributed by atoms with van der Waals surface area (Å²) >= 11 is 0. The lowest BCUT2D eigenvalue weighted by Crippen LogP contribution is -2.29. The van der Waals surface area contributed by atoms with Gasteiger partial charge in [0.05, 0.1) is 0 Å². The molecule has 1 rings (SSSR count). The largest absolute Gasteiger partial charge is 0.333 e. The molecule has 0 spiro atoms. The van der Waals surface area contributed by atoms with Gasteiger partial charge < -0.3 is 9.80 Å². The van der Waals surface area contributed by atoms with Gasteiger partial charge in [0.2, 0.25) is 0 Å². The van der Waals surface area contributed by atoms with E-state index >= 15 is 0 Å². The molecule has 0 saturated carbocycles. The number of hydrogen-bond donors (Lipinski definition) is 0. The van der Waals surface area contributed by atoms with E-state index in [1.54, 1.807) is 0 Å². The molecule has 0 radical (unpaired) electrons. The van der Waals surface area contributed by atoms with Crippen molar-refractivity contribution in [3.63, 3.8) is 0 Å². The zero-order valence-electron chi connectivity index (χ0n) is 10.5. The highest BCUT2D eigenvalue weighted by Gasteiger charge is 2.28. The third-order valence-corrected chi connectivity index (χ3v) is 2.90. The van der Waals surface area contributed by atoms with Gasteiger partial charge >= 0.3 is 0 Å². The molecule has 1 heterocycles. The van der Waals surface area contributed by atoms with Crippen LogP contribution in [0.3, 0.4) is 0 Å². The molecule has 0 atom stereocenters. The lowest BCUT2D eigenvalue weighted by Gasteiger charge is -2.29. The predicted molar refractivity (Wildman–Crippen MR) is 61.5 cm³/mol. The van der Waals surface area contributed by atoms with E-state index in [2.05, 4.69) is 58.4 Å².